The molecule has 3 aromatic carbocycles. The van der Waals surface area contributed by atoms with Gasteiger partial charge < -0.3 is 15.0 Å². The topological polar surface area (TPSA) is 75.7 Å². The summed E-state index contributed by atoms with van der Waals surface area (Å²) in [5, 5.41) is 2.80. The van der Waals surface area contributed by atoms with E-state index in [2.05, 4.69) is 5.32 Å². The van der Waals surface area contributed by atoms with E-state index < -0.39 is 11.9 Å². The number of rotatable bonds is 6. The van der Waals surface area contributed by atoms with Crippen molar-refractivity contribution >= 4 is 23.5 Å². The lowest BCUT2D eigenvalue weighted by Gasteiger charge is -2.16. The molecule has 0 saturated carbocycles. The number of amides is 2. The molecule has 1 aliphatic heterocycles. The first-order chi connectivity index (χ1) is 15.5. The molecule has 2 amide bonds. The first-order valence-corrected chi connectivity index (χ1v) is 10.5. The Morgan fingerprint density at radius 1 is 0.969 bits per heavy atom. The minimum Gasteiger partial charge on any atom is -0.426 e. The molecule has 6 heteroatoms. The Hall–Kier alpha value is -3.93. The van der Waals surface area contributed by atoms with Crippen LogP contribution in [0.1, 0.15) is 27.9 Å². The van der Waals surface area contributed by atoms with E-state index in [4.69, 9.17) is 4.74 Å². The van der Waals surface area contributed by atoms with Gasteiger partial charge in [-0.15, -0.1) is 0 Å². The highest BCUT2D eigenvalue weighted by atomic mass is 16.5. The van der Waals surface area contributed by atoms with Gasteiger partial charge in [0, 0.05) is 30.8 Å². The summed E-state index contributed by atoms with van der Waals surface area (Å²) >= 11 is 0. The number of carbonyl (C=O) groups is 3. The zero-order valence-electron chi connectivity index (χ0n) is 17.8. The SMILES string of the molecule is Cc1ccc(CN2CC(C(=O)Oc3ccc(NC(=O)c4ccccc4)cc3)CC2=O)cc1. The summed E-state index contributed by atoms with van der Waals surface area (Å²) in [5.41, 5.74) is 3.35. The van der Waals surface area contributed by atoms with Crippen molar-refractivity contribution in [2.45, 2.75) is 19.9 Å². The molecule has 6 nitrogen and oxygen atoms in total. The Kier molecular flexibility index (Phi) is 6.31. The third-order valence-electron chi connectivity index (χ3n) is 5.41. The van der Waals surface area contributed by atoms with E-state index in [1.54, 1.807) is 53.4 Å². The molecule has 0 aliphatic carbocycles. The second-order valence-electron chi connectivity index (χ2n) is 7.93. The molecule has 1 fully saturated rings. The van der Waals surface area contributed by atoms with Crippen molar-refractivity contribution < 1.29 is 19.1 Å². The molecule has 0 spiro atoms. The molecule has 162 valence electrons. The van der Waals surface area contributed by atoms with E-state index in [0.717, 1.165) is 11.1 Å². The molecule has 1 saturated heterocycles. The van der Waals surface area contributed by atoms with Crippen LogP contribution in [0.3, 0.4) is 0 Å². The number of hydrogen-bond donors (Lipinski definition) is 1. The summed E-state index contributed by atoms with van der Waals surface area (Å²) in [6, 6.07) is 23.5. The molecule has 4 rings (SSSR count). The van der Waals surface area contributed by atoms with Crippen LogP contribution in [-0.2, 0) is 16.1 Å². The first-order valence-electron chi connectivity index (χ1n) is 10.5. The number of benzene rings is 3. The van der Waals surface area contributed by atoms with E-state index in [1.165, 1.54) is 0 Å². The van der Waals surface area contributed by atoms with Gasteiger partial charge in [-0.25, -0.2) is 0 Å². The fourth-order valence-corrected chi connectivity index (χ4v) is 3.60. The summed E-state index contributed by atoms with van der Waals surface area (Å²) in [4.78, 5) is 38.9. The van der Waals surface area contributed by atoms with Gasteiger partial charge in [0.15, 0.2) is 0 Å². The van der Waals surface area contributed by atoms with E-state index in [-0.39, 0.29) is 18.2 Å². The highest BCUT2D eigenvalue weighted by molar-refractivity contribution is 6.04. The van der Waals surface area contributed by atoms with Crippen molar-refractivity contribution in [3.05, 3.63) is 95.6 Å². The number of aryl methyl sites for hydroxylation is 1. The number of hydrogen-bond acceptors (Lipinski definition) is 4. The highest BCUT2D eigenvalue weighted by Gasteiger charge is 2.35. The third-order valence-corrected chi connectivity index (χ3v) is 5.41. The molecule has 1 unspecified atom stereocenters. The summed E-state index contributed by atoms with van der Waals surface area (Å²) in [7, 11) is 0. The minimum atomic E-state index is -0.495. The fourth-order valence-electron chi connectivity index (χ4n) is 3.60. The van der Waals surface area contributed by atoms with E-state index in [1.807, 2.05) is 37.3 Å². The second-order valence-corrected chi connectivity index (χ2v) is 7.93. The fraction of sp³-hybridized carbons (Fsp3) is 0.192. The quantitative estimate of drug-likeness (QED) is 0.472. The number of esters is 1. The summed E-state index contributed by atoms with van der Waals surface area (Å²) in [6.45, 7) is 2.84. The van der Waals surface area contributed by atoms with Crippen LogP contribution in [-0.4, -0.2) is 29.2 Å². The molecular formula is C26H24N2O4. The smallest absolute Gasteiger partial charge is 0.316 e. The molecule has 32 heavy (non-hydrogen) atoms. The van der Waals surface area contributed by atoms with E-state index in [9.17, 15) is 14.4 Å². The Morgan fingerprint density at radius 2 is 1.66 bits per heavy atom. The van der Waals surface area contributed by atoms with Crippen LogP contribution in [0.5, 0.6) is 5.75 Å². The van der Waals surface area contributed by atoms with E-state index in [0.29, 0.717) is 30.1 Å². The molecule has 0 bridgehead atoms. The average molecular weight is 428 g/mol. The third kappa shape index (κ3) is 5.21. The molecule has 1 aliphatic rings. The number of anilines is 1. The first kappa shape index (κ1) is 21.3. The summed E-state index contributed by atoms with van der Waals surface area (Å²) in [5.74, 6) is -0.812. The normalized spacial score (nSPS) is 15.5. The van der Waals surface area contributed by atoms with Crippen molar-refractivity contribution in [2.24, 2.45) is 5.92 Å². The van der Waals surface area contributed by atoms with Gasteiger partial charge >= 0.3 is 5.97 Å². The van der Waals surface area contributed by atoms with Gasteiger partial charge in [-0.05, 0) is 48.9 Å². The van der Waals surface area contributed by atoms with Crippen LogP contribution >= 0.6 is 0 Å². The molecule has 1 heterocycles. The summed E-state index contributed by atoms with van der Waals surface area (Å²) < 4.78 is 5.47. The molecule has 3 aromatic rings. The Bertz CT molecular complexity index is 1110. The number of carbonyl (C=O) groups excluding carboxylic acids is 3. The van der Waals surface area contributed by atoms with Gasteiger partial charge in [-0.1, -0.05) is 48.0 Å². The van der Waals surface area contributed by atoms with Crippen molar-refractivity contribution in [2.75, 3.05) is 11.9 Å². The highest BCUT2D eigenvalue weighted by Crippen LogP contribution is 2.24. The van der Waals surface area contributed by atoms with Crippen LogP contribution in [0.4, 0.5) is 5.69 Å². The van der Waals surface area contributed by atoms with Gasteiger partial charge in [0.2, 0.25) is 5.91 Å². The number of likely N-dealkylation sites (tertiary alicyclic amines) is 1. The molecular weight excluding hydrogens is 404 g/mol. The average Bonchev–Trinajstić information content (AvgIpc) is 3.17. The van der Waals surface area contributed by atoms with Crippen LogP contribution in [0.15, 0.2) is 78.9 Å². The maximum Gasteiger partial charge on any atom is 0.316 e. The van der Waals surface area contributed by atoms with Gasteiger partial charge in [-0.2, -0.15) is 0 Å². The van der Waals surface area contributed by atoms with Crippen LogP contribution < -0.4 is 10.1 Å². The van der Waals surface area contributed by atoms with Crippen molar-refractivity contribution in [1.29, 1.82) is 0 Å². The summed E-state index contributed by atoms with van der Waals surface area (Å²) in [6.07, 6.45) is 0.149. The van der Waals surface area contributed by atoms with Crippen molar-refractivity contribution in [3.63, 3.8) is 0 Å². The standard InChI is InChI=1S/C26H24N2O4/c1-18-7-9-19(10-8-18)16-28-17-21(15-24(28)29)26(31)32-23-13-11-22(12-14-23)27-25(30)20-5-3-2-4-6-20/h2-14,21H,15-17H2,1H3,(H,27,30). The monoisotopic (exact) mass is 428 g/mol. The molecule has 0 aromatic heterocycles. The number of nitrogens with zero attached hydrogens (tertiary/aromatic N) is 1. The lowest BCUT2D eigenvalue weighted by Crippen LogP contribution is -2.27. The van der Waals surface area contributed by atoms with Gasteiger partial charge in [0.1, 0.15) is 5.75 Å². The molecule has 0 radical (unpaired) electrons. The Morgan fingerprint density at radius 3 is 2.34 bits per heavy atom. The van der Waals surface area contributed by atoms with Crippen LogP contribution in [0.2, 0.25) is 0 Å². The van der Waals surface area contributed by atoms with Crippen LogP contribution in [0.25, 0.3) is 0 Å². The van der Waals surface area contributed by atoms with Gasteiger partial charge in [0.25, 0.3) is 5.91 Å². The Labute approximate surface area is 186 Å². The zero-order valence-corrected chi connectivity index (χ0v) is 17.8. The number of nitrogens with one attached hydrogen (secondary N) is 1. The van der Waals surface area contributed by atoms with Gasteiger partial charge in [-0.3, -0.25) is 14.4 Å². The molecule has 1 atom stereocenters. The zero-order chi connectivity index (χ0) is 22.5. The lowest BCUT2D eigenvalue weighted by molar-refractivity contribution is -0.139. The maximum absolute atomic E-state index is 12.6. The predicted molar refractivity (Wildman–Crippen MR) is 121 cm³/mol. The van der Waals surface area contributed by atoms with Crippen molar-refractivity contribution in [3.8, 4) is 5.75 Å². The van der Waals surface area contributed by atoms with Gasteiger partial charge in [0.05, 0.1) is 5.92 Å². The lowest BCUT2D eigenvalue weighted by atomic mass is 10.1. The predicted octanol–water partition coefficient (Wildman–Crippen LogP) is 4.20. The van der Waals surface area contributed by atoms with E-state index >= 15 is 0 Å². The van der Waals surface area contributed by atoms with Crippen LogP contribution in [0, 0.1) is 12.8 Å². The largest absolute Gasteiger partial charge is 0.426 e. The maximum atomic E-state index is 12.6. The number of ether oxygens (including phenoxy) is 1. The second kappa shape index (κ2) is 9.47. The minimum absolute atomic E-state index is 0.0495. The molecule has 1 N–H and O–H groups in total. The Balaban J connectivity index is 1.31. The van der Waals surface area contributed by atoms with Crippen molar-refractivity contribution in [1.82, 2.24) is 4.90 Å².